The summed E-state index contributed by atoms with van der Waals surface area (Å²) in [6, 6.07) is 1.69. The summed E-state index contributed by atoms with van der Waals surface area (Å²) in [5.74, 6) is -0.0284. The first-order valence-electron chi connectivity index (χ1n) is 7.29. The molecule has 1 unspecified atom stereocenters. The summed E-state index contributed by atoms with van der Waals surface area (Å²) >= 11 is 1.23. The van der Waals surface area contributed by atoms with Gasteiger partial charge in [-0.25, -0.2) is 9.97 Å². The zero-order valence-electron chi connectivity index (χ0n) is 12.4. The van der Waals surface area contributed by atoms with Gasteiger partial charge in [0, 0.05) is 25.4 Å². The highest BCUT2D eigenvalue weighted by atomic mass is 32.2. The molecule has 2 rings (SSSR count). The minimum atomic E-state index is -0.450. The molecule has 0 saturated carbocycles. The number of nitrogens with zero attached hydrogens (tertiary/aromatic N) is 3. The van der Waals surface area contributed by atoms with Gasteiger partial charge in [0.2, 0.25) is 11.8 Å². The number of amidine groups is 1. The van der Waals surface area contributed by atoms with Gasteiger partial charge in [-0.05, 0) is 12.5 Å². The lowest BCUT2D eigenvalue weighted by Gasteiger charge is -2.06. The molecule has 0 radical (unpaired) electrons. The molecule has 118 valence electrons. The quantitative estimate of drug-likeness (QED) is 0.740. The molecule has 1 aromatic rings. The van der Waals surface area contributed by atoms with Gasteiger partial charge in [-0.3, -0.25) is 9.59 Å². The van der Waals surface area contributed by atoms with Crippen molar-refractivity contribution in [3.8, 4) is 0 Å². The van der Waals surface area contributed by atoms with E-state index in [2.05, 4.69) is 32.5 Å². The fourth-order valence-electron chi connectivity index (χ4n) is 1.88. The monoisotopic (exact) mass is 321 g/mol. The van der Waals surface area contributed by atoms with E-state index in [1.54, 1.807) is 18.5 Å². The maximum Gasteiger partial charge on any atom is 0.251 e. The Morgan fingerprint density at radius 1 is 1.41 bits per heavy atom. The number of carbonyl (C=O) groups is 2. The average Bonchev–Trinajstić information content (AvgIpc) is 2.84. The minimum absolute atomic E-state index is 0.110. The number of rotatable bonds is 7. The number of amides is 2. The molecule has 1 aliphatic heterocycles. The number of unbranched alkanes of at least 4 members (excludes halogenated alkanes) is 2. The van der Waals surface area contributed by atoms with Crippen molar-refractivity contribution in [2.45, 2.75) is 37.9 Å². The van der Waals surface area contributed by atoms with Gasteiger partial charge in [0.25, 0.3) is 5.95 Å². The van der Waals surface area contributed by atoms with Crippen LogP contribution in [-0.4, -0.2) is 38.7 Å². The Balaban J connectivity index is 1.82. The Morgan fingerprint density at radius 3 is 2.91 bits per heavy atom. The average molecular weight is 321 g/mol. The van der Waals surface area contributed by atoms with Crippen molar-refractivity contribution in [1.29, 1.82) is 0 Å². The second-order valence-electron chi connectivity index (χ2n) is 4.82. The molecule has 1 atom stereocenters. The first-order valence-corrected chi connectivity index (χ1v) is 8.17. The third-order valence-corrected chi connectivity index (χ3v) is 4.09. The Kier molecular flexibility index (Phi) is 6.32. The fourth-order valence-corrected chi connectivity index (χ4v) is 2.84. The summed E-state index contributed by atoms with van der Waals surface area (Å²) in [5.41, 5.74) is 0. The van der Waals surface area contributed by atoms with Crippen LogP contribution in [0.3, 0.4) is 0 Å². The largest absolute Gasteiger partial charge is 0.356 e. The van der Waals surface area contributed by atoms with Crippen molar-refractivity contribution in [1.82, 2.24) is 20.6 Å². The number of aromatic nitrogens is 2. The van der Waals surface area contributed by atoms with Crippen LogP contribution >= 0.6 is 11.8 Å². The Hall–Kier alpha value is -1.96. The summed E-state index contributed by atoms with van der Waals surface area (Å²) in [6.07, 6.45) is 6.47. The summed E-state index contributed by atoms with van der Waals surface area (Å²) < 4.78 is 0. The third kappa shape index (κ3) is 5.10. The van der Waals surface area contributed by atoms with Crippen molar-refractivity contribution >= 4 is 34.7 Å². The van der Waals surface area contributed by atoms with E-state index in [1.165, 1.54) is 11.8 Å². The van der Waals surface area contributed by atoms with Crippen LogP contribution in [0, 0.1) is 0 Å². The van der Waals surface area contributed by atoms with Crippen molar-refractivity contribution < 1.29 is 9.59 Å². The number of hydrogen-bond acceptors (Lipinski definition) is 6. The van der Waals surface area contributed by atoms with Crippen molar-refractivity contribution in [2.75, 3.05) is 6.54 Å². The van der Waals surface area contributed by atoms with Gasteiger partial charge in [0.1, 0.15) is 5.25 Å². The van der Waals surface area contributed by atoms with Gasteiger partial charge in [-0.2, -0.15) is 4.99 Å². The maximum atomic E-state index is 11.9. The number of thioether (sulfide) groups is 1. The van der Waals surface area contributed by atoms with E-state index >= 15 is 0 Å². The third-order valence-electron chi connectivity index (χ3n) is 3.00. The fraction of sp³-hybridized carbons (Fsp3) is 0.500. The number of aliphatic imine (C=N–C) groups is 1. The number of nitrogens with one attached hydrogen (secondary N) is 2. The first kappa shape index (κ1) is 16.4. The molecule has 1 fully saturated rings. The normalized spacial score (nSPS) is 19.2. The second-order valence-corrected chi connectivity index (χ2v) is 6.01. The maximum absolute atomic E-state index is 11.9. The zero-order chi connectivity index (χ0) is 15.8. The predicted molar refractivity (Wildman–Crippen MR) is 85.8 cm³/mol. The van der Waals surface area contributed by atoms with Crippen LogP contribution in [0.1, 0.15) is 32.6 Å². The Labute approximate surface area is 133 Å². The lowest BCUT2D eigenvalue weighted by molar-refractivity contribution is -0.125. The van der Waals surface area contributed by atoms with Gasteiger partial charge in [-0.1, -0.05) is 31.5 Å². The summed E-state index contributed by atoms with van der Waals surface area (Å²) in [5, 5.41) is 5.46. The minimum Gasteiger partial charge on any atom is -0.356 e. The molecule has 0 spiro atoms. The van der Waals surface area contributed by atoms with Crippen molar-refractivity contribution in [3.63, 3.8) is 0 Å². The Bertz CT molecular complexity index is 549. The van der Waals surface area contributed by atoms with Crippen LogP contribution < -0.4 is 10.6 Å². The van der Waals surface area contributed by atoms with E-state index in [9.17, 15) is 9.59 Å². The molecule has 8 heteroatoms. The van der Waals surface area contributed by atoms with Crippen LogP contribution in [0.4, 0.5) is 5.95 Å². The molecule has 22 heavy (non-hydrogen) atoms. The zero-order valence-corrected chi connectivity index (χ0v) is 13.2. The number of hydrogen-bond donors (Lipinski definition) is 2. The molecule has 0 aliphatic carbocycles. The van der Waals surface area contributed by atoms with Crippen molar-refractivity contribution in [3.05, 3.63) is 18.5 Å². The highest BCUT2D eigenvalue weighted by Gasteiger charge is 2.32. The van der Waals surface area contributed by atoms with E-state index in [0.717, 1.165) is 19.3 Å². The summed E-state index contributed by atoms with van der Waals surface area (Å²) in [4.78, 5) is 35.7. The topological polar surface area (TPSA) is 96.3 Å². The molecule has 0 aromatic carbocycles. The van der Waals surface area contributed by atoms with Gasteiger partial charge in [0.05, 0.1) is 0 Å². The van der Waals surface area contributed by atoms with Crippen molar-refractivity contribution in [2.24, 2.45) is 4.99 Å². The summed E-state index contributed by atoms with van der Waals surface area (Å²) in [6.45, 7) is 2.77. The number of carbonyl (C=O) groups excluding carboxylic acids is 2. The van der Waals surface area contributed by atoms with Crippen LogP contribution in [0.15, 0.2) is 23.5 Å². The smallest absolute Gasteiger partial charge is 0.251 e. The highest BCUT2D eigenvalue weighted by Crippen LogP contribution is 2.23. The predicted octanol–water partition coefficient (Wildman–Crippen LogP) is 1.39. The molecule has 7 nitrogen and oxygen atoms in total. The SMILES string of the molecule is CCCCCNC(=O)CC1S/C(=N\c2ncccn2)NC1=O. The van der Waals surface area contributed by atoms with Gasteiger partial charge in [0.15, 0.2) is 5.17 Å². The van der Waals surface area contributed by atoms with Crippen LogP contribution in [0.2, 0.25) is 0 Å². The Morgan fingerprint density at radius 2 is 2.18 bits per heavy atom. The first-order chi connectivity index (χ1) is 10.7. The molecule has 1 aromatic heterocycles. The molecule has 1 aliphatic rings. The molecule has 0 bridgehead atoms. The lowest BCUT2D eigenvalue weighted by Crippen LogP contribution is -2.31. The van der Waals surface area contributed by atoms with Gasteiger partial charge < -0.3 is 10.6 Å². The van der Waals surface area contributed by atoms with Gasteiger partial charge in [-0.15, -0.1) is 0 Å². The van der Waals surface area contributed by atoms with E-state index in [4.69, 9.17) is 0 Å². The van der Waals surface area contributed by atoms with Crippen LogP contribution in [0.5, 0.6) is 0 Å². The van der Waals surface area contributed by atoms with Crippen LogP contribution in [0.25, 0.3) is 0 Å². The molecule has 2 N–H and O–H groups in total. The molecule has 2 amide bonds. The van der Waals surface area contributed by atoms with E-state index < -0.39 is 5.25 Å². The lowest BCUT2D eigenvalue weighted by atomic mass is 10.2. The van der Waals surface area contributed by atoms with Crippen LogP contribution in [-0.2, 0) is 9.59 Å². The standard InChI is InChI=1S/C14H19N5O2S/c1-2-3-4-6-15-11(20)9-10-12(21)18-14(22-10)19-13-16-7-5-8-17-13/h5,7-8,10H,2-4,6,9H2,1H3,(H,15,20)(H,16,17,18,19,21). The molecular weight excluding hydrogens is 302 g/mol. The molecule has 1 saturated heterocycles. The summed E-state index contributed by atoms with van der Waals surface area (Å²) in [7, 11) is 0. The van der Waals surface area contributed by atoms with Gasteiger partial charge >= 0.3 is 0 Å². The van der Waals surface area contributed by atoms with E-state index in [0.29, 0.717) is 11.7 Å². The second kappa shape index (κ2) is 8.47. The van der Waals surface area contributed by atoms with E-state index in [1.807, 2.05) is 0 Å². The highest BCUT2D eigenvalue weighted by molar-refractivity contribution is 8.15. The molecule has 2 heterocycles. The van der Waals surface area contributed by atoms with E-state index in [-0.39, 0.29) is 24.2 Å². The molecular formula is C14H19N5O2S.